The van der Waals surface area contributed by atoms with E-state index in [0.29, 0.717) is 22.7 Å². The Hall–Kier alpha value is -8.43. The van der Waals surface area contributed by atoms with Crippen molar-refractivity contribution in [3.05, 3.63) is 246 Å². The summed E-state index contributed by atoms with van der Waals surface area (Å²) in [5, 5.41) is 1.87. The standard InChI is InChI=1S/C59H41F5N4/c1-4-37-5-17-43(18-6-37)65(44-19-7-38(60)8-20-44)49-29-31-56-52(33-49)53-34-51(67(47-25-13-41(63)14-26-47)48-27-15-42(64)16-28-48)36-55-58(53)68(56)57-32-30-50(35-54(57)59(55,2)3)66(45-21-9-39(61)10-22-45)46-23-11-40(62)12-24-46/h4-36H,1H2,2-3H3. The molecule has 1 aliphatic heterocycles. The van der Waals surface area contributed by atoms with Gasteiger partial charge >= 0.3 is 0 Å². The third-order valence-corrected chi connectivity index (χ3v) is 13.0. The smallest absolute Gasteiger partial charge is 0.123 e. The minimum atomic E-state index is -0.672. The van der Waals surface area contributed by atoms with E-state index in [1.54, 1.807) is 66.7 Å². The van der Waals surface area contributed by atoms with Crippen molar-refractivity contribution in [3.63, 3.8) is 0 Å². The highest BCUT2D eigenvalue weighted by atomic mass is 19.1. The van der Waals surface area contributed by atoms with Crippen molar-refractivity contribution in [2.45, 2.75) is 19.3 Å². The van der Waals surface area contributed by atoms with Gasteiger partial charge in [-0.05, 0) is 199 Å². The van der Waals surface area contributed by atoms with Gasteiger partial charge < -0.3 is 19.3 Å². The van der Waals surface area contributed by atoms with E-state index in [9.17, 15) is 22.0 Å². The molecular weight excluding hydrogens is 860 g/mol. The zero-order chi connectivity index (χ0) is 46.8. The molecule has 332 valence electrons. The first-order valence-corrected chi connectivity index (χ1v) is 22.1. The van der Waals surface area contributed by atoms with Crippen LogP contribution in [0.1, 0.15) is 30.5 Å². The monoisotopic (exact) mass is 900 g/mol. The molecule has 0 spiro atoms. The third-order valence-electron chi connectivity index (χ3n) is 13.0. The molecule has 0 unspecified atom stereocenters. The van der Waals surface area contributed by atoms with Gasteiger partial charge in [0.1, 0.15) is 29.1 Å². The Morgan fingerprint density at radius 3 is 1.15 bits per heavy atom. The molecule has 0 N–H and O–H groups in total. The summed E-state index contributed by atoms with van der Waals surface area (Å²) in [5.41, 5.74) is 11.9. The second-order valence-corrected chi connectivity index (χ2v) is 17.4. The molecule has 0 amide bonds. The Balaban J connectivity index is 1.19. The molecule has 1 aliphatic rings. The van der Waals surface area contributed by atoms with Crippen LogP contribution in [-0.2, 0) is 5.41 Å². The normalized spacial score (nSPS) is 12.5. The Labute approximate surface area is 390 Å². The van der Waals surface area contributed by atoms with Gasteiger partial charge in [0.2, 0.25) is 0 Å². The highest BCUT2D eigenvalue weighted by Crippen LogP contribution is 2.52. The van der Waals surface area contributed by atoms with Gasteiger partial charge in [0.05, 0.1) is 16.7 Å². The second kappa shape index (κ2) is 16.5. The first-order valence-electron chi connectivity index (χ1n) is 22.1. The summed E-state index contributed by atoms with van der Waals surface area (Å²) in [5.74, 6) is -1.87. The van der Waals surface area contributed by atoms with Gasteiger partial charge in [-0.3, -0.25) is 0 Å². The summed E-state index contributed by atoms with van der Waals surface area (Å²) < 4.78 is 74.7. The van der Waals surface area contributed by atoms with E-state index in [1.165, 1.54) is 60.7 Å². The number of fused-ring (bicyclic) bond motifs is 5. The SMILES string of the molecule is C=Cc1ccc(N(c2ccc(F)cc2)c2ccc3c(c2)c2cc(N(c4ccc(F)cc4)c4ccc(F)cc4)cc4c2n3-c2ccc(N(c3ccc(F)cc3)c3ccc(F)cc3)cc2C4(C)C)cc1. The van der Waals surface area contributed by atoms with E-state index in [1.807, 2.05) is 40.1 Å². The molecule has 9 heteroatoms. The Morgan fingerprint density at radius 2 is 0.721 bits per heavy atom. The predicted molar refractivity (Wildman–Crippen MR) is 267 cm³/mol. The van der Waals surface area contributed by atoms with Crippen LogP contribution in [0.5, 0.6) is 0 Å². The van der Waals surface area contributed by atoms with Gasteiger partial charge in [-0.1, -0.05) is 38.6 Å². The first kappa shape index (κ1) is 42.2. The second-order valence-electron chi connectivity index (χ2n) is 17.4. The lowest BCUT2D eigenvalue weighted by Crippen LogP contribution is -2.27. The zero-order valence-electron chi connectivity index (χ0n) is 36.9. The molecule has 2 heterocycles. The number of aromatic nitrogens is 1. The van der Waals surface area contributed by atoms with Crippen LogP contribution in [0.4, 0.5) is 73.1 Å². The summed E-state index contributed by atoms with van der Waals surface area (Å²) in [4.78, 5) is 6.07. The largest absolute Gasteiger partial charge is 0.310 e. The topological polar surface area (TPSA) is 14.7 Å². The van der Waals surface area contributed by atoms with Crippen molar-refractivity contribution >= 4 is 79.1 Å². The highest BCUT2D eigenvalue weighted by Gasteiger charge is 2.37. The molecule has 0 atom stereocenters. The molecule has 0 saturated carbocycles. The van der Waals surface area contributed by atoms with Crippen molar-refractivity contribution in [1.82, 2.24) is 4.57 Å². The van der Waals surface area contributed by atoms with E-state index in [-0.39, 0.29) is 29.1 Å². The molecule has 0 radical (unpaired) electrons. The molecule has 0 saturated heterocycles. The summed E-state index contributed by atoms with van der Waals surface area (Å²) in [6.45, 7) is 8.30. The molecule has 4 nitrogen and oxygen atoms in total. The molecule has 68 heavy (non-hydrogen) atoms. The zero-order valence-corrected chi connectivity index (χ0v) is 36.9. The summed E-state index contributed by atoms with van der Waals surface area (Å²) >= 11 is 0. The molecule has 11 rings (SSSR count). The number of anilines is 9. The number of rotatable bonds is 10. The van der Waals surface area contributed by atoms with Crippen LogP contribution < -0.4 is 14.7 Å². The predicted octanol–water partition coefficient (Wildman–Crippen LogP) is 17.2. The maximum atomic E-state index is 14.6. The van der Waals surface area contributed by atoms with E-state index in [4.69, 9.17) is 0 Å². The van der Waals surface area contributed by atoms with Gasteiger partial charge in [-0.25, -0.2) is 22.0 Å². The molecule has 0 fully saturated rings. The van der Waals surface area contributed by atoms with Gasteiger partial charge in [-0.2, -0.15) is 0 Å². The molecule has 9 aromatic carbocycles. The van der Waals surface area contributed by atoms with E-state index < -0.39 is 5.41 Å². The van der Waals surface area contributed by atoms with Crippen LogP contribution in [0.3, 0.4) is 0 Å². The lowest BCUT2D eigenvalue weighted by Gasteiger charge is -2.37. The van der Waals surface area contributed by atoms with Crippen LogP contribution in [-0.4, -0.2) is 4.57 Å². The number of benzene rings is 9. The first-order chi connectivity index (χ1) is 32.9. The lowest BCUT2D eigenvalue weighted by molar-refractivity contribution is 0.627. The Bertz CT molecular complexity index is 3440. The van der Waals surface area contributed by atoms with Crippen LogP contribution in [0, 0.1) is 29.1 Å². The van der Waals surface area contributed by atoms with Gasteiger partial charge in [0.25, 0.3) is 0 Å². The summed E-state index contributed by atoms with van der Waals surface area (Å²) in [6, 6.07) is 56.2. The lowest BCUT2D eigenvalue weighted by atomic mass is 9.74. The summed E-state index contributed by atoms with van der Waals surface area (Å²) in [6.07, 6.45) is 1.79. The molecule has 10 aromatic rings. The van der Waals surface area contributed by atoms with E-state index in [2.05, 4.69) is 72.4 Å². The van der Waals surface area contributed by atoms with Crippen molar-refractivity contribution < 1.29 is 22.0 Å². The number of halogens is 5. The van der Waals surface area contributed by atoms with Crippen LogP contribution >= 0.6 is 0 Å². The van der Waals surface area contributed by atoms with Crippen molar-refractivity contribution in [1.29, 1.82) is 0 Å². The van der Waals surface area contributed by atoms with Gasteiger partial charge in [0, 0.05) is 67.4 Å². The van der Waals surface area contributed by atoms with Crippen molar-refractivity contribution in [2.75, 3.05) is 14.7 Å². The van der Waals surface area contributed by atoms with Crippen LogP contribution in [0.25, 0.3) is 33.6 Å². The average molecular weight is 901 g/mol. The van der Waals surface area contributed by atoms with Crippen LogP contribution in [0.2, 0.25) is 0 Å². The molecule has 0 bridgehead atoms. The fraction of sp³-hybridized carbons (Fsp3) is 0.0508. The number of hydrogen-bond donors (Lipinski definition) is 0. The quantitative estimate of drug-likeness (QED) is 0.127. The fourth-order valence-electron chi connectivity index (χ4n) is 9.67. The Morgan fingerprint density at radius 1 is 0.382 bits per heavy atom. The van der Waals surface area contributed by atoms with E-state index in [0.717, 1.165) is 72.6 Å². The maximum absolute atomic E-state index is 14.6. The summed E-state index contributed by atoms with van der Waals surface area (Å²) in [7, 11) is 0. The molecule has 0 aliphatic carbocycles. The van der Waals surface area contributed by atoms with E-state index >= 15 is 0 Å². The maximum Gasteiger partial charge on any atom is 0.123 e. The van der Waals surface area contributed by atoms with Gasteiger partial charge in [0.15, 0.2) is 0 Å². The minimum Gasteiger partial charge on any atom is -0.310 e. The highest BCUT2D eigenvalue weighted by molar-refractivity contribution is 6.14. The molecular formula is C59H41F5N4. The van der Waals surface area contributed by atoms with Crippen molar-refractivity contribution in [2.24, 2.45) is 0 Å². The molecule has 1 aromatic heterocycles. The average Bonchev–Trinajstić information content (AvgIpc) is 3.68. The van der Waals surface area contributed by atoms with Crippen LogP contribution in [0.15, 0.2) is 201 Å². The van der Waals surface area contributed by atoms with Crippen molar-refractivity contribution in [3.8, 4) is 5.69 Å². The Kier molecular flexibility index (Phi) is 10.2. The fourth-order valence-corrected chi connectivity index (χ4v) is 9.67. The number of hydrogen-bond acceptors (Lipinski definition) is 3. The van der Waals surface area contributed by atoms with Gasteiger partial charge in [-0.15, -0.1) is 0 Å². The number of nitrogens with zero attached hydrogens (tertiary/aromatic N) is 4. The minimum absolute atomic E-state index is 0.345. The third kappa shape index (κ3) is 7.24.